The van der Waals surface area contributed by atoms with Gasteiger partial charge in [-0.05, 0) is 65.6 Å². The Bertz CT molecular complexity index is 849. The topological polar surface area (TPSA) is 72.7 Å². The third kappa shape index (κ3) is 2.57. The molecule has 0 aromatic carbocycles. The number of aryl methyl sites for hydroxylation is 1. The van der Waals surface area contributed by atoms with Crippen LogP contribution >= 0.6 is 22.7 Å². The van der Waals surface area contributed by atoms with Gasteiger partial charge in [-0.25, -0.2) is 0 Å². The van der Waals surface area contributed by atoms with Gasteiger partial charge in [-0.2, -0.15) is 4.68 Å². The summed E-state index contributed by atoms with van der Waals surface area (Å²) in [5.41, 5.74) is 3.36. The highest BCUT2D eigenvalue weighted by Crippen LogP contribution is 2.38. The molecule has 118 valence electrons. The lowest BCUT2D eigenvalue weighted by atomic mass is 9.96. The van der Waals surface area contributed by atoms with Crippen molar-refractivity contribution in [2.45, 2.75) is 32.6 Å². The van der Waals surface area contributed by atoms with Crippen LogP contribution in [-0.4, -0.2) is 26.1 Å². The molecule has 0 aliphatic heterocycles. The van der Waals surface area contributed by atoms with Crippen LogP contribution in [0.3, 0.4) is 0 Å². The molecule has 1 N–H and O–H groups in total. The second-order valence-electron chi connectivity index (χ2n) is 5.51. The molecule has 0 unspecified atom stereocenters. The molecular formula is C15H15N5OS2. The number of carbonyl (C=O) groups excluding carboxylic acids is 1. The van der Waals surface area contributed by atoms with E-state index in [0.29, 0.717) is 10.6 Å². The number of tetrazole rings is 1. The van der Waals surface area contributed by atoms with Gasteiger partial charge in [0.15, 0.2) is 0 Å². The van der Waals surface area contributed by atoms with Crippen molar-refractivity contribution in [3.63, 3.8) is 0 Å². The molecule has 3 heterocycles. The molecule has 6 nitrogen and oxygen atoms in total. The van der Waals surface area contributed by atoms with E-state index in [1.54, 1.807) is 11.3 Å². The summed E-state index contributed by atoms with van der Waals surface area (Å²) in [5.74, 6) is -0.104. The van der Waals surface area contributed by atoms with Gasteiger partial charge in [0.05, 0.1) is 10.7 Å². The molecule has 0 spiro atoms. The minimum absolute atomic E-state index is 0.104. The lowest BCUT2D eigenvalue weighted by Gasteiger charge is -2.10. The first-order valence-corrected chi connectivity index (χ1v) is 9.17. The number of hydrogen-bond donors (Lipinski definition) is 1. The molecular weight excluding hydrogens is 330 g/mol. The Morgan fingerprint density at radius 1 is 1.35 bits per heavy atom. The minimum atomic E-state index is -0.104. The third-order valence-corrected chi connectivity index (χ3v) is 6.32. The van der Waals surface area contributed by atoms with Crippen LogP contribution < -0.4 is 5.32 Å². The quantitative estimate of drug-likeness (QED) is 0.791. The van der Waals surface area contributed by atoms with Gasteiger partial charge in [0.2, 0.25) is 0 Å². The average Bonchev–Trinajstić information content (AvgIpc) is 3.28. The van der Waals surface area contributed by atoms with E-state index in [-0.39, 0.29) is 5.91 Å². The summed E-state index contributed by atoms with van der Waals surface area (Å²) in [6, 6.07) is 1.85. The standard InChI is InChI=1S/C15H15N5OS2/c1-9-10-4-2-3-5-12(10)23-15(9)17-14(21)13-11(6-7-22-13)20-8-16-18-19-20/h6-8H,2-5H2,1H3,(H,17,21). The van der Waals surface area contributed by atoms with E-state index >= 15 is 0 Å². The summed E-state index contributed by atoms with van der Waals surface area (Å²) in [6.07, 6.45) is 6.24. The Morgan fingerprint density at radius 3 is 3.00 bits per heavy atom. The molecule has 1 aliphatic rings. The molecule has 0 atom stereocenters. The van der Waals surface area contributed by atoms with Crippen LogP contribution in [0.2, 0.25) is 0 Å². The van der Waals surface area contributed by atoms with Crippen LogP contribution in [0.5, 0.6) is 0 Å². The predicted molar refractivity (Wildman–Crippen MR) is 90.7 cm³/mol. The maximum absolute atomic E-state index is 12.7. The highest BCUT2D eigenvalue weighted by atomic mass is 32.1. The number of amides is 1. The summed E-state index contributed by atoms with van der Waals surface area (Å²) in [6.45, 7) is 2.10. The summed E-state index contributed by atoms with van der Waals surface area (Å²) >= 11 is 3.11. The van der Waals surface area contributed by atoms with Crippen molar-refractivity contribution in [3.8, 4) is 5.69 Å². The fourth-order valence-electron chi connectivity index (χ4n) is 2.93. The number of nitrogens with zero attached hydrogens (tertiary/aromatic N) is 4. The van der Waals surface area contributed by atoms with Crippen LogP contribution in [0, 0.1) is 6.92 Å². The van der Waals surface area contributed by atoms with Crippen molar-refractivity contribution in [2.75, 3.05) is 5.32 Å². The minimum Gasteiger partial charge on any atom is -0.313 e. The smallest absolute Gasteiger partial charge is 0.268 e. The van der Waals surface area contributed by atoms with Crippen molar-refractivity contribution in [3.05, 3.63) is 38.7 Å². The van der Waals surface area contributed by atoms with Gasteiger partial charge in [-0.3, -0.25) is 4.79 Å². The van der Waals surface area contributed by atoms with E-state index < -0.39 is 0 Å². The summed E-state index contributed by atoms with van der Waals surface area (Å²) in [5, 5.41) is 17.0. The Morgan fingerprint density at radius 2 is 2.22 bits per heavy atom. The second-order valence-corrected chi connectivity index (χ2v) is 7.53. The highest BCUT2D eigenvalue weighted by Gasteiger charge is 2.21. The van der Waals surface area contributed by atoms with Crippen molar-refractivity contribution in [1.29, 1.82) is 0 Å². The van der Waals surface area contributed by atoms with Crippen LogP contribution in [0.1, 0.15) is 38.5 Å². The molecule has 3 aromatic rings. The van der Waals surface area contributed by atoms with Gasteiger partial charge in [-0.15, -0.1) is 27.8 Å². The Labute approximate surface area is 141 Å². The number of anilines is 1. The predicted octanol–water partition coefficient (Wildman–Crippen LogP) is 3.22. The Balaban J connectivity index is 1.62. The zero-order chi connectivity index (χ0) is 15.8. The van der Waals surface area contributed by atoms with Crippen molar-refractivity contribution >= 4 is 33.6 Å². The van der Waals surface area contributed by atoms with Gasteiger partial charge in [-0.1, -0.05) is 0 Å². The van der Waals surface area contributed by atoms with E-state index in [9.17, 15) is 4.79 Å². The van der Waals surface area contributed by atoms with E-state index in [1.165, 1.54) is 51.2 Å². The molecule has 3 aromatic heterocycles. The summed E-state index contributed by atoms with van der Waals surface area (Å²) in [4.78, 5) is 14.7. The number of nitrogens with one attached hydrogen (secondary N) is 1. The van der Waals surface area contributed by atoms with Crippen LogP contribution in [0.4, 0.5) is 5.00 Å². The number of thiophene rings is 2. The molecule has 4 rings (SSSR count). The van der Waals surface area contributed by atoms with Crippen LogP contribution in [0.15, 0.2) is 17.8 Å². The fourth-order valence-corrected chi connectivity index (χ4v) is 4.99. The zero-order valence-corrected chi connectivity index (χ0v) is 14.2. The number of rotatable bonds is 3. The highest BCUT2D eigenvalue weighted by molar-refractivity contribution is 7.17. The maximum atomic E-state index is 12.7. The maximum Gasteiger partial charge on any atom is 0.268 e. The molecule has 0 radical (unpaired) electrons. The van der Waals surface area contributed by atoms with E-state index in [1.807, 2.05) is 11.4 Å². The molecule has 1 aliphatic carbocycles. The first kappa shape index (κ1) is 14.5. The molecule has 0 bridgehead atoms. The van der Waals surface area contributed by atoms with E-state index in [0.717, 1.165) is 17.8 Å². The lowest BCUT2D eigenvalue weighted by Crippen LogP contribution is -2.13. The average molecular weight is 345 g/mol. The van der Waals surface area contributed by atoms with Gasteiger partial charge in [0.1, 0.15) is 11.2 Å². The van der Waals surface area contributed by atoms with Crippen LogP contribution in [0.25, 0.3) is 5.69 Å². The monoisotopic (exact) mass is 345 g/mol. The molecule has 0 saturated carbocycles. The lowest BCUT2D eigenvalue weighted by molar-refractivity contribution is 0.103. The van der Waals surface area contributed by atoms with Gasteiger partial charge < -0.3 is 5.32 Å². The number of hydrogen-bond acceptors (Lipinski definition) is 6. The fraction of sp³-hybridized carbons (Fsp3) is 0.333. The molecule has 0 fully saturated rings. The largest absolute Gasteiger partial charge is 0.313 e. The summed E-state index contributed by atoms with van der Waals surface area (Å²) < 4.78 is 1.51. The van der Waals surface area contributed by atoms with Gasteiger partial charge >= 0.3 is 0 Å². The van der Waals surface area contributed by atoms with Crippen molar-refractivity contribution < 1.29 is 4.79 Å². The van der Waals surface area contributed by atoms with Crippen molar-refractivity contribution in [1.82, 2.24) is 20.2 Å². The normalized spacial score (nSPS) is 13.8. The van der Waals surface area contributed by atoms with Crippen molar-refractivity contribution in [2.24, 2.45) is 0 Å². The second kappa shape index (κ2) is 5.86. The number of carbonyl (C=O) groups is 1. The first-order valence-electron chi connectivity index (χ1n) is 7.47. The molecule has 8 heteroatoms. The first-order chi connectivity index (χ1) is 11.2. The molecule has 1 amide bonds. The van der Waals surface area contributed by atoms with E-state index in [4.69, 9.17) is 0 Å². The van der Waals surface area contributed by atoms with Crippen LogP contribution in [-0.2, 0) is 12.8 Å². The Hall–Kier alpha value is -2.06. The summed E-state index contributed by atoms with van der Waals surface area (Å²) in [7, 11) is 0. The van der Waals surface area contributed by atoms with Gasteiger partial charge in [0.25, 0.3) is 5.91 Å². The zero-order valence-electron chi connectivity index (χ0n) is 12.6. The van der Waals surface area contributed by atoms with E-state index in [2.05, 4.69) is 27.8 Å². The Kier molecular flexibility index (Phi) is 3.70. The third-order valence-electron chi connectivity index (χ3n) is 4.11. The SMILES string of the molecule is Cc1c(NC(=O)c2sccc2-n2cnnn2)sc2c1CCCC2. The van der Waals surface area contributed by atoms with Gasteiger partial charge in [0, 0.05) is 4.88 Å². The number of aromatic nitrogens is 4. The molecule has 0 saturated heterocycles. The number of fused-ring (bicyclic) bond motifs is 1. The molecule has 23 heavy (non-hydrogen) atoms.